The monoisotopic (exact) mass is 485 g/mol. The van der Waals surface area contributed by atoms with Crippen molar-refractivity contribution in [1.82, 2.24) is 4.90 Å². The molecule has 1 spiro atoms. The highest BCUT2D eigenvalue weighted by molar-refractivity contribution is 6.02. The van der Waals surface area contributed by atoms with Crippen molar-refractivity contribution in [3.63, 3.8) is 0 Å². The first-order valence-corrected chi connectivity index (χ1v) is 10.8. The molecule has 1 amide bonds. The molecular weight excluding hydrogens is 462 g/mol. The molecule has 12 nitrogen and oxygen atoms in total. The highest BCUT2D eigenvalue weighted by atomic mass is 16.6. The maximum absolute atomic E-state index is 13.1. The van der Waals surface area contributed by atoms with Gasteiger partial charge < -0.3 is 19.1 Å². The van der Waals surface area contributed by atoms with E-state index in [1.807, 2.05) is 0 Å². The summed E-state index contributed by atoms with van der Waals surface area (Å²) < 4.78 is 17.0. The third kappa shape index (κ3) is 4.11. The van der Waals surface area contributed by atoms with E-state index in [0.717, 1.165) is 12.1 Å². The second-order valence-corrected chi connectivity index (χ2v) is 8.51. The molecule has 0 saturated carbocycles. The number of carbonyl (C=O) groups is 2. The number of likely N-dealkylation sites (tertiary alicyclic amines) is 1. The summed E-state index contributed by atoms with van der Waals surface area (Å²) in [6.07, 6.45) is 0.764. The Kier molecular flexibility index (Phi) is 6.05. The van der Waals surface area contributed by atoms with Crippen LogP contribution in [0.4, 0.5) is 11.4 Å². The Labute approximate surface area is 199 Å². The van der Waals surface area contributed by atoms with Crippen LogP contribution in [0.3, 0.4) is 0 Å². The SMILES string of the molecule is COc1ccc2c(c1OC)OC1(CCN(C(=O)c3cc([N+](=O)[O-])c(C)c([N+](=O)[O-])c3)CC1)CC2=O. The van der Waals surface area contributed by atoms with Crippen molar-refractivity contribution in [3.8, 4) is 17.2 Å². The zero-order valence-electron chi connectivity index (χ0n) is 19.4. The van der Waals surface area contributed by atoms with E-state index in [9.17, 15) is 29.8 Å². The number of piperidine rings is 1. The second-order valence-electron chi connectivity index (χ2n) is 8.51. The Morgan fingerprint density at radius 1 is 1.06 bits per heavy atom. The molecule has 0 bridgehead atoms. The van der Waals surface area contributed by atoms with E-state index >= 15 is 0 Å². The molecule has 1 fully saturated rings. The van der Waals surface area contributed by atoms with Gasteiger partial charge in [-0.3, -0.25) is 29.8 Å². The van der Waals surface area contributed by atoms with Crippen molar-refractivity contribution in [1.29, 1.82) is 0 Å². The number of fused-ring (bicyclic) bond motifs is 1. The first kappa shape index (κ1) is 23.9. The van der Waals surface area contributed by atoms with Crippen molar-refractivity contribution in [3.05, 3.63) is 61.2 Å². The number of ketones is 1. The third-order valence-electron chi connectivity index (χ3n) is 6.56. The molecule has 0 N–H and O–H groups in total. The lowest BCUT2D eigenvalue weighted by molar-refractivity contribution is -0.395. The molecule has 2 aliphatic rings. The van der Waals surface area contributed by atoms with Crippen LogP contribution in [0.1, 0.15) is 45.5 Å². The summed E-state index contributed by atoms with van der Waals surface area (Å²) in [5, 5.41) is 22.7. The molecule has 184 valence electrons. The van der Waals surface area contributed by atoms with Gasteiger partial charge >= 0.3 is 0 Å². The van der Waals surface area contributed by atoms with E-state index in [4.69, 9.17) is 14.2 Å². The zero-order valence-corrected chi connectivity index (χ0v) is 19.4. The van der Waals surface area contributed by atoms with E-state index < -0.39 is 32.7 Å². The fourth-order valence-electron chi connectivity index (χ4n) is 4.63. The number of carbonyl (C=O) groups excluding carboxylic acids is 2. The molecule has 2 aliphatic heterocycles. The molecule has 2 heterocycles. The van der Waals surface area contributed by atoms with Gasteiger partial charge in [-0.1, -0.05) is 0 Å². The molecule has 0 atom stereocenters. The predicted octanol–water partition coefficient (Wildman–Crippen LogP) is 3.47. The third-order valence-corrected chi connectivity index (χ3v) is 6.56. The number of hydrogen-bond donors (Lipinski definition) is 0. The van der Waals surface area contributed by atoms with E-state index in [1.165, 1.54) is 26.0 Å². The molecule has 0 unspecified atom stereocenters. The maximum Gasteiger partial charge on any atom is 0.279 e. The Bertz CT molecular complexity index is 1210. The lowest BCUT2D eigenvalue weighted by Gasteiger charge is -2.44. The minimum Gasteiger partial charge on any atom is -0.493 e. The van der Waals surface area contributed by atoms with Crippen molar-refractivity contribution >= 4 is 23.1 Å². The minimum atomic E-state index is -0.855. The van der Waals surface area contributed by atoms with Gasteiger partial charge in [-0.2, -0.15) is 0 Å². The van der Waals surface area contributed by atoms with Crippen molar-refractivity contribution in [2.45, 2.75) is 31.8 Å². The first-order valence-electron chi connectivity index (χ1n) is 10.8. The quantitative estimate of drug-likeness (QED) is 0.458. The number of amides is 1. The van der Waals surface area contributed by atoms with Gasteiger partial charge in [-0.25, -0.2) is 0 Å². The van der Waals surface area contributed by atoms with Gasteiger partial charge in [0.1, 0.15) is 11.2 Å². The van der Waals surface area contributed by atoms with Gasteiger partial charge in [-0.15, -0.1) is 0 Å². The topological polar surface area (TPSA) is 151 Å². The first-order chi connectivity index (χ1) is 16.6. The number of hydrogen-bond acceptors (Lipinski definition) is 9. The molecule has 35 heavy (non-hydrogen) atoms. The number of nitro groups is 2. The van der Waals surface area contributed by atoms with Crippen LogP contribution < -0.4 is 14.2 Å². The Balaban J connectivity index is 1.58. The van der Waals surface area contributed by atoms with Gasteiger partial charge in [0.15, 0.2) is 17.3 Å². The van der Waals surface area contributed by atoms with Gasteiger partial charge in [0.2, 0.25) is 5.75 Å². The molecule has 0 radical (unpaired) electrons. The number of Topliss-reactive ketones (excluding diaryl/α,β-unsaturated/α-hetero) is 1. The van der Waals surface area contributed by atoms with Crippen LogP contribution >= 0.6 is 0 Å². The summed E-state index contributed by atoms with van der Waals surface area (Å²) >= 11 is 0. The number of ether oxygens (including phenoxy) is 3. The lowest BCUT2D eigenvalue weighted by Crippen LogP contribution is -2.52. The number of nitro benzene ring substituents is 2. The minimum absolute atomic E-state index is 0.114. The van der Waals surface area contributed by atoms with Crippen molar-refractivity contribution < 1.29 is 33.6 Å². The summed E-state index contributed by atoms with van der Waals surface area (Å²) in [7, 11) is 2.93. The molecule has 0 aromatic heterocycles. The van der Waals surface area contributed by atoms with Crippen LogP contribution in [0.15, 0.2) is 24.3 Å². The van der Waals surface area contributed by atoms with Gasteiger partial charge in [0, 0.05) is 38.1 Å². The summed E-state index contributed by atoms with van der Waals surface area (Å²) in [4.78, 5) is 48.7. The smallest absolute Gasteiger partial charge is 0.279 e. The van der Waals surface area contributed by atoms with Gasteiger partial charge in [0.05, 0.1) is 41.6 Å². The highest BCUT2D eigenvalue weighted by Crippen LogP contribution is 2.48. The summed E-state index contributed by atoms with van der Waals surface area (Å²) in [5.74, 6) is 0.360. The van der Waals surface area contributed by atoms with Gasteiger partial charge in [0.25, 0.3) is 17.3 Å². The average molecular weight is 485 g/mol. The zero-order chi connectivity index (χ0) is 25.5. The van der Waals surface area contributed by atoms with E-state index in [1.54, 1.807) is 12.1 Å². The summed E-state index contributed by atoms with van der Waals surface area (Å²) in [6.45, 7) is 1.67. The van der Waals surface area contributed by atoms with Crippen LogP contribution in [-0.2, 0) is 0 Å². The molecule has 4 rings (SSSR count). The Morgan fingerprint density at radius 3 is 2.17 bits per heavy atom. The normalized spacial score (nSPS) is 16.3. The number of nitrogens with zero attached hydrogens (tertiary/aromatic N) is 3. The summed E-state index contributed by atoms with van der Waals surface area (Å²) in [6, 6.07) is 5.38. The van der Waals surface area contributed by atoms with Crippen LogP contribution in [0, 0.1) is 27.2 Å². The fraction of sp³-hybridized carbons (Fsp3) is 0.391. The highest BCUT2D eigenvalue weighted by Gasteiger charge is 2.45. The summed E-state index contributed by atoms with van der Waals surface area (Å²) in [5.41, 5.74) is -1.70. The standard InChI is InChI=1S/C23H23N3O9/c1-13-16(25(29)30)10-14(11-17(13)26(31)32)22(28)24-8-6-23(7-9-24)12-18(27)15-4-5-19(33-2)21(34-3)20(15)35-23/h4-5,10-11H,6-9,12H2,1-3H3. The second kappa shape index (κ2) is 8.85. The molecule has 1 saturated heterocycles. The molecular formula is C23H23N3O9. The van der Waals surface area contributed by atoms with E-state index in [-0.39, 0.29) is 36.4 Å². The van der Waals surface area contributed by atoms with Crippen molar-refractivity contribution in [2.24, 2.45) is 0 Å². The predicted molar refractivity (Wildman–Crippen MR) is 121 cm³/mol. The van der Waals surface area contributed by atoms with Crippen LogP contribution in [-0.4, -0.2) is 59.3 Å². The van der Waals surface area contributed by atoms with E-state index in [2.05, 4.69) is 0 Å². The molecule has 12 heteroatoms. The number of methoxy groups -OCH3 is 2. The molecule has 2 aromatic carbocycles. The van der Waals surface area contributed by atoms with Gasteiger partial charge in [-0.05, 0) is 19.1 Å². The lowest BCUT2D eigenvalue weighted by atomic mass is 9.82. The van der Waals surface area contributed by atoms with Crippen LogP contribution in [0.5, 0.6) is 17.2 Å². The fourth-order valence-corrected chi connectivity index (χ4v) is 4.63. The average Bonchev–Trinajstić information content (AvgIpc) is 2.83. The number of rotatable bonds is 5. The van der Waals surface area contributed by atoms with E-state index in [0.29, 0.717) is 35.7 Å². The Morgan fingerprint density at radius 2 is 1.66 bits per heavy atom. The molecule has 2 aromatic rings. The maximum atomic E-state index is 13.1. The van der Waals surface area contributed by atoms with Crippen LogP contribution in [0.2, 0.25) is 0 Å². The number of benzene rings is 2. The van der Waals surface area contributed by atoms with Crippen LogP contribution in [0.25, 0.3) is 0 Å². The van der Waals surface area contributed by atoms with Crippen molar-refractivity contribution in [2.75, 3.05) is 27.3 Å². The largest absolute Gasteiger partial charge is 0.493 e. The Hall–Kier alpha value is -4.22. The molecule has 0 aliphatic carbocycles.